The Morgan fingerprint density at radius 3 is 2.61 bits per heavy atom. The number of hydrogen-bond acceptors (Lipinski definition) is 2. The summed E-state index contributed by atoms with van der Waals surface area (Å²) in [6, 6.07) is 2.12. The lowest BCUT2D eigenvalue weighted by molar-refractivity contribution is 0.598. The zero-order valence-corrected chi connectivity index (χ0v) is 10.4. The summed E-state index contributed by atoms with van der Waals surface area (Å²) in [5.74, 6) is -1.15. The summed E-state index contributed by atoms with van der Waals surface area (Å²) in [5.41, 5.74) is 6.60. The summed E-state index contributed by atoms with van der Waals surface area (Å²) in [4.78, 5) is 0. The van der Waals surface area contributed by atoms with E-state index in [-0.39, 0.29) is 11.3 Å². The highest BCUT2D eigenvalue weighted by Gasteiger charge is 2.14. The van der Waals surface area contributed by atoms with Crippen LogP contribution < -0.4 is 5.73 Å². The van der Waals surface area contributed by atoms with E-state index in [1.165, 1.54) is 0 Å². The second-order valence-corrected chi connectivity index (χ2v) is 4.24. The lowest BCUT2D eigenvalue weighted by atomic mass is 10.1. The van der Waals surface area contributed by atoms with Crippen molar-refractivity contribution in [2.45, 2.75) is 26.8 Å². The third kappa shape index (κ3) is 2.20. The fourth-order valence-electron chi connectivity index (χ4n) is 1.89. The van der Waals surface area contributed by atoms with Crippen LogP contribution in [0.25, 0.3) is 11.1 Å². The number of anilines is 1. The largest absolute Gasteiger partial charge is 0.396 e. The molecule has 18 heavy (non-hydrogen) atoms. The molecule has 0 radical (unpaired) electrons. The van der Waals surface area contributed by atoms with Crippen molar-refractivity contribution < 1.29 is 8.78 Å². The number of aromatic nitrogens is 2. The molecule has 1 aromatic carbocycles. The summed E-state index contributed by atoms with van der Waals surface area (Å²) in [6.07, 6.45) is 2.66. The number of benzene rings is 1. The van der Waals surface area contributed by atoms with Crippen LogP contribution in [0.2, 0.25) is 0 Å². The van der Waals surface area contributed by atoms with Gasteiger partial charge in [0.1, 0.15) is 11.6 Å². The number of halogens is 2. The van der Waals surface area contributed by atoms with Gasteiger partial charge in [-0.25, -0.2) is 8.78 Å². The van der Waals surface area contributed by atoms with Gasteiger partial charge in [0.25, 0.3) is 0 Å². The summed E-state index contributed by atoms with van der Waals surface area (Å²) in [5, 5.41) is 4.27. The van der Waals surface area contributed by atoms with E-state index in [1.807, 2.05) is 6.92 Å². The maximum Gasteiger partial charge on any atom is 0.146 e. The van der Waals surface area contributed by atoms with Crippen LogP contribution in [0, 0.1) is 18.6 Å². The molecule has 0 aliphatic carbocycles. The van der Waals surface area contributed by atoms with E-state index in [4.69, 9.17) is 5.73 Å². The van der Waals surface area contributed by atoms with Crippen molar-refractivity contribution in [2.24, 2.45) is 0 Å². The highest BCUT2D eigenvalue weighted by Crippen LogP contribution is 2.28. The monoisotopic (exact) mass is 251 g/mol. The van der Waals surface area contributed by atoms with Crippen LogP contribution in [0.4, 0.5) is 14.5 Å². The maximum atomic E-state index is 13.8. The number of nitrogen functional groups attached to an aromatic ring is 1. The van der Waals surface area contributed by atoms with Gasteiger partial charge in [0, 0.05) is 29.9 Å². The first-order valence-corrected chi connectivity index (χ1v) is 5.82. The molecule has 2 N–H and O–H groups in total. The van der Waals surface area contributed by atoms with Crippen molar-refractivity contribution >= 4 is 5.69 Å². The maximum absolute atomic E-state index is 13.8. The van der Waals surface area contributed by atoms with Crippen LogP contribution in [-0.2, 0) is 6.54 Å². The van der Waals surface area contributed by atoms with Gasteiger partial charge in [-0.15, -0.1) is 0 Å². The zero-order chi connectivity index (χ0) is 13.3. The van der Waals surface area contributed by atoms with Gasteiger partial charge in [0.15, 0.2) is 0 Å². The first kappa shape index (κ1) is 12.5. The normalized spacial score (nSPS) is 10.9. The first-order valence-electron chi connectivity index (χ1n) is 5.82. The molecule has 0 bridgehead atoms. The fraction of sp³-hybridized carbons (Fsp3) is 0.308. The Balaban J connectivity index is 2.51. The zero-order valence-electron chi connectivity index (χ0n) is 10.4. The van der Waals surface area contributed by atoms with Gasteiger partial charge in [-0.05, 0) is 19.4 Å². The Morgan fingerprint density at radius 1 is 1.22 bits per heavy atom. The summed E-state index contributed by atoms with van der Waals surface area (Å²) < 4.78 is 29.0. The average molecular weight is 251 g/mol. The van der Waals surface area contributed by atoms with Crippen LogP contribution >= 0.6 is 0 Å². The quantitative estimate of drug-likeness (QED) is 0.852. The molecule has 0 fully saturated rings. The summed E-state index contributed by atoms with van der Waals surface area (Å²) >= 11 is 0. The van der Waals surface area contributed by atoms with Gasteiger partial charge >= 0.3 is 0 Å². The molecule has 0 spiro atoms. The third-order valence-corrected chi connectivity index (χ3v) is 2.78. The second-order valence-electron chi connectivity index (χ2n) is 4.24. The number of nitrogens with zero attached hydrogens (tertiary/aromatic N) is 2. The van der Waals surface area contributed by atoms with Gasteiger partial charge in [0.2, 0.25) is 0 Å². The Hall–Kier alpha value is -1.91. The lowest BCUT2D eigenvalue weighted by Crippen LogP contribution is -1.96. The van der Waals surface area contributed by atoms with Crippen molar-refractivity contribution in [3.05, 3.63) is 35.7 Å². The van der Waals surface area contributed by atoms with Gasteiger partial charge in [-0.3, -0.25) is 4.68 Å². The molecule has 0 aliphatic heterocycles. The van der Waals surface area contributed by atoms with Gasteiger partial charge < -0.3 is 5.73 Å². The summed E-state index contributed by atoms with van der Waals surface area (Å²) in [6.45, 7) is 4.55. The predicted molar refractivity (Wildman–Crippen MR) is 67.0 cm³/mol. The van der Waals surface area contributed by atoms with Gasteiger partial charge in [-0.1, -0.05) is 6.92 Å². The van der Waals surface area contributed by atoms with Crippen molar-refractivity contribution in [1.82, 2.24) is 9.78 Å². The molecule has 0 aliphatic rings. The number of rotatable bonds is 3. The molecular formula is C13H15F2N3. The third-order valence-electron chi connectivity index (χ3n) is 2.78. The van der Waals surface area contributed by atoms with E-state index < -0.39 is 11.6 Å². The molecule has 2 aromatic rings. The van der Waals surface area contributed by atoms with Gasteiger partial charge in [-0.2, -0.15) is 5.10 Å². The molecule has 1 heterocycles. The second kappa shape index (κ2) is 4.76. The Kier molecular flexibility index (Phi) is 3.32. The van der Waals surface area contributed by atoms with E-state index in [0.29, 0.717) is 11.3 Å². The predicted octanol–water partition coefficient (Wildman–Crippen LogP) is 3.13. The summed E-state index contributed by atoms with van der Waals surface area (Å²) in [7, 11) is 0. The van der Waals surface area contributed by atoms with Crippen molar-refractivity contribution in [1.29, 1.82) is 0 Å². The molecule has 3 nitrogen and oxygen atoms in total. The van der Waals surface area contributed by atoms with Crippen LogP contribution in [-0.4, -0.2) is 9.78 Å². The number of nitrogens with two attached hydrogens (primary N) is 1. The number of hydrogen-bond donors (Lipinski definition) is 1. The van der Waals surface area contributed by atoms with Crippen LogP contribution in [0.15, 0.2) is 18.3 Å². The molecule has 0 saturated carbocycles. The van der Waals surface area contributed by atoms with Crippen LogP contribution in [0.1, 0.15) is 19.0 Å². The van der Waals surface area contributed by atoms with E-state index in [0.717, 1.165) is 25.1 Å². The Labute approximate surface area is 104 Å². The molecule has 5 heteroatoms. The smallest absolute Gasteiger partial charge is 0.146 e. The topological polar surface area (TPSA) is 43.8 Å². The SMILES string of the molecule is CCCn1cc(-c2cc(F)c(N)cc2F)c(C)n1. The number of aryl methyl sites for hydroxylation is 2. The minimum absolute atomic E-state index is 0.185. The van der Waals surface area contributed by atoms with E-state index in [2.05, 4.69) is 5.10 Å². The first-order chi connectivity index (χ1) is 8.52. The van der Waals surface area contributed by atoms with Crippen molar-refractivity contribution in [3.8, 4) is 11.1 Å². The molecule has 0 saturated heterocycles. The molecule has 0 amide bonds. The van der Waals surface area contributed by atoms with E-state index in [1.54, 1.807) is 17.8 Å². The van der Waals surface area contributed by atoms with Crippen LogP contribution in [0.5, 0.6) is 0 Å². The molecule has 0 atom stereocenters. The Morgan fingerprint density at radius 2 is 1.94 bits per heavy atom. The van der Waals surface area contributed by atoms with Crippen molar-refractivity contribution in [2.75, 3.05) is 5.73 Å². The van der Waals surface area contributed by atoms with E-state index >= 15 is 0 Å². The highest BCUT2D eigenvalue weighted by atomic mass is 19.1. The minimum Gasteiger partial charge on any atom is -0.396 e. The minimum atomic E-state index is -0.617. The van der Waals surface area contributed by atoms with Gasteiger partial charge in [0.05, 0.1) is 11.4 Å². The molecule has 1 aromatic heterocycles. The van der Waals surface area contributed by atoms with E-state index in [9.17, 15) is 8.78 Å². The molecular weight excluding hydrogens is 236 g/mol. The lowest BCUT2D eigenvalue weighted by Gasteiger charge is -2.04. The molecule has 96 valence electrons. The standard InChI is InChI=1S/C13H15F2N3/c1-3-4-18-7-10(8(2)17-18)9-5-12(15)13(16)6-11(9)14/h5-7H,3-4,16H2,1-2H3. The highest BCUT2D eigenvalue weighted by molar-refractivity contribution is 5.68. The fourth-order valence-corrected chi connectivity index (χ4v) is 1.89. The van der Waals surface area contributed by atoms with Crippen molar-refractivity contribution in [3.63, 3.8) is 0 Å². The average Bonchev–Trinajstić information content (AvgIpc) is 2.65. The molecule has 0 unspecified atom stereocenters. The Bertz CT molecular complexity index is 576. The molecule has 2 rings (SSSR count). The van der Waals surface area contributed by atoms with Crippen LogP contribution in [0.3, 0.4) is 0 Å².